The number of hydrogen-bond donors (Lipinski definition) is 1. The lowest BCUT2D eigenvalue weighted by Gasteiger charge is -2.33. The average molecular weight is 263 g/mol. The third kappa shape index (κ3) is 2.95. The van der Waals surface area contributed by atoms with Gasteiger partial charge in [0.2, 0.25) is 0 Å². The average Bonchev–Trinajstić information content (AvgIpc) is 2.38. The summed E-state index contributed by atoms with van der Waals surface area (Å²) in [4.78, 5) is 6.14. The van der Waals surface area contributed by atoms with Gasteiger partial charge in [0.25, 0.3) is 0 Å². The maximum atomic E-state index is 14.2. The first-order chi connectivity index (χ1) is 8.93. The van der Waals surface area contributed by atoms with Crippen LogP contribution < -0.4 is 10.6 Å². The molecule has 1 aromatic rings. The number of rotatable bonds is 2. The Labute approximate surface area is 114 Å². The fourth-order valence-electron chi connectivity index (χ4n) is 2.39. The van der Waals surface area contributed by atoms with E-state index in [1.807, 2.05) is 4.90 Å². The first-order valence-electron chi connectivity index (χ1n) is 6.71. The summed E-state index contributed by atoms with van der Waals surface area (Å²) < 4.78 is 14.2. The van der Waals surface area contributed by atoms with Crippen LogP contribution in [0.2, 0.25) is 0 Å². The highest BCUT2D eigenvalue weighted by atomic mass is 19.1. The summed E-state index contributed by atoms with van der Waals surface area (Å²) >= 11 is 0. The normalized spacial score (nSPS) is 16.5. The molecule has 0 spiro atoms. The largest absolute Gasteiger partial charge is 0.350 e. The van der Waals surface area contributed by atoms with E-state index in [1.165, 1.54) is 5.57 Å². The highest BCUT2D eigenvalue weighted by Gasteiger charge is 2.23. The van der Waals surface area contributed by atoms with Crippen LogP contribution in [0, 0.1) is 11.2 Å². The molecule has 0 atom stereocenters. The molecule has 4 heteroatoms. The second-order valence-corrected chi connectivity index (χ2v) is 5.99. The van der Waals surface area contributed by atoms with Crippen LogP contribution in [0.25, 0.3) is 0 Å². The SMILES string of the molecule is CC(C)(C)C1=CCN(c2nccc(CN)c2F)CC1. The molecule has 19 heavy (non-hydrogen) atoms. The van der Waals surface area contributed by atoms with Crippen molar-refractivity contribution in [3.8, 4) is 0 Å². The van der Waals surface area contributed by atoms with E-state index in [4.69, 9.17) is 5.73 Å². The first-order valence-corrected chi connectivity index (χ1v) is 6.71. The Balaban J connectivity index is 2.21. The molecule has 0 aromatic carbocycles. The zero-order chi connectivity index (χ0) is 14.0. The standard InChI is InChI=1S/C15H22FN3/c1-15(2,3)12-5-8-19(9-6-12)14-13(16)11(10-17)4-7-18-14/h4-5,7H,6,8-10,17H2,1-3H3. The summed E-state index contributed by atoms with van der Waals surface area (Å²) in [5, 5.41) is 0. The number of aromatic nitrogens is 1. The van der Waals surface area contributed by atoms with Gasteiger partial charge in [-0.3, -0.25) is 0 Å². The lowest BCUT2D eigenvalue weighted by molar-refractivity contribution is 0.471. The van der Waals surface area contributed by atoms with Gasteiger partial charge in [0.15, 0.2) is 11.6 Å². The Morgan fingerprint density at radius 1 is 1.42 bits per heavy atom. The van der Waals surface area contributed by atoms with Crippen molar-refractivity contribution < 1.29 is 4.39 Å². The van der Waals surface area contributed by atoms with Gasteiger partial charge in [-0.2, -0.15) is 0 Å². The molecule has 0 bridgehead atoms. The second-order valence-electron chi connectivity index (χ2n) is 5.99. The van der Waals surface area contributed by atoms with Crippen LogP contribution in [-0.4, -0.2) is 18.1 Å². The molecule has 0 saturated heterocycles. The van der Waals surface area contributed by atoms with Gasteiger partial charge in [-0.25, -0.2) is 9.37 Å². The van der Waals surface area contributed by atoms with E-state index in [0.717, 1.165) is 13.0 Å². The van der Waals surface area contributed by atoms with E-state index >= 15 is 0 Å². The Morgan fingerprint density at radius 3 is 2.68 bits per heavy atom. The van der Waals surface area contributed by atoms with Crippen LogP contribution in [0.3, 0.4) is 0 Å². The quantitative estimate of drug-likeness (QED) is 0.834. The summed E-state index contributed by atoms with van der Waals surface area (Å²) in [6, 6.07) is 1.64. The van der Waals surface area contributed by atoms with Gasteiger partial charge < -0.3 is 10.6 Å². The van der Waals surface area contributed by atoms with Crippen LogP contribution in [0.1, 0.15) is 32.8 Å². The lowest BCUT2D eigenvalue weighted by atomic mass is 9.83. The van der Waals surface area contributed by atoms with Crippen LogP contribution in [0.15, 0.2) is 23.9 Å². The van der Waals surface area contributed by atoms with Gasteiger partial charge in [0.1, 0.15) is 0 Å². The Morgan fingerprint density at radius 2 is 2.16 bits per heavy atom. The molecule has 0 saturated carbocycles. The maximum absolute atomic E-state index is 14.2. The first kappa shape index (κ1) is 14.0. The van der Waals surface area contributed by atoms with Crippen molar-refractivity contribution in [3.05, 3.63) is 35.3 Å². The van der Waals surface area contributed by atoms with Gasteiger partial charge in [-0.15, -0.1) is 0 Å². The van der Waals surface area contributed by atoms with Crippen molar-refractivity contribution in [1.29, 1.82) is 0 Å². The second kappa shape index (κ2) is 5.29. The summed E-state index contributed by atoms with van der Waals surface area (Å²) in [5.41, 5.74) is 7.68. The van der Waals surface area contributed by atoms with Crippen molar-refractivity contribution in [3.63, 3.8) is 0 Å². The fraction of sp³-hybridized carbons (Fsp3) is 0.533. The highest BCUT2D eigenvalue weighted by molar-refractivity contribution is 5.45. The van der Waals surface area contributed by atoms with Crippen molar-refractivity contribution in [1.82, 2.24) is 4.98 Å². The number of nitrogens with two attached hydrogens (primary N) is 1. The minimum atomic E-state index is -0.280. The Hall–Kier alpha value is -1.42. The number of anilines is 1. The lowest BCUT2D eigenvalue weighted by Crippen LogP contribution is -2.32. The molecule has 1 aliphatic rings. The predicted molar refractivity (Wildman–Crippen MR) is 76.5 cm³/mol. The predicted octanol–water partition coefficient (Wildman–Crippen LogP) is 2.86. The summed E-state index contributed by atoms with van der Waals surface area (Å²) in [7, 11) is 0. The molecule has 2 heterocycles. The van der Waals surface area contributed by atoms with Crippen LogP contribution in [0.5, 0.6) is 0 Å². The van der Waals surface area contributed by atoms with Gasteiger partial charge in [0.05, 0.1) is 0 Å². The molecule has 1 aromatic heterocycles. The van der Waals surface area contributed by atoms with E-state index in [1.54, 1.807) is 12.3 Å². The Bertz CT molecular complexity index is 489. The number of nitrogens with zero attached hydrogens (tertiary/aromatic N) is 2. The third-order valence-corrected chi connectivity index (χ3v) is 3.64. The van der Waals surface area contributed by atoms with Gasteiger partial charge in [-0.1, -0.05) is 32.4 Å². The van der Waals surface area contributed by atoms with E-state index in [9.17, 15) is 4.39 Å². The van der Waals surface area contributed by atoms with Crippen LogP contribution in [0.4, 0.5) is 10.2 Å². The Kier molecular flexibility index (Phi) is 3.90. The fourth-order valence-corrected chi connectivity index (χ4v) is 2.39. The van der Waals surface area contributed by atoms with E-state index in [2.05, 4.69) is 31.8 Å². The molecule has 3 nitrogen and oxygen atoms in total. The maximum Gasteiger partial charge on any atom is 0.170 e. The summed E-state index contributed by atoms with van der Waals surface area (Å²) in [5.74, 6) is 0.143. The molecule has 1 aliphatic heterocycles. The topological polar surface area (TPSA) is 42.2 Å². The third-order valence-electron chi connectivity index (χ3n) is 3.64. The molecule has 104 valence electrons. The molecular weight excluding hydrogens is 241 g/mol. The number of hydrogen-bond acceptors (Lipinski definition) is 3. The van der Waals surface area contributed by atoms with Gasteiger partial charge >= 0.3 is 0 Å². The van der Waals surface area contributed by atoms with Crippen LogP contribution >= 0.6 is 0 Å². The molecular formula is C15H22FN3. The highest BCUT2D eigenvalue weighted by Crippen LogP contribution is 2.31. The molecule has 2 N–H and O–H groups in total. The smallest absolute Gasteiger partial charge is 0.170 e. The molecule has 0 unspecified atom stereocenters. The van der Waals surface area contributed by atoms with Gasteiger partial charge in [-0.05, 0) is 17.9 Å². The summed E-state index contributed by atoms with van der Waals surface area (Å²) in [6.45, 7) is 8.36. The van der Waals surface area contributed by atoms with E-state index in [-0.39, 0.29) is 17.8 Å². The number of halogens is 1. The molecule has 0 amide bonds. The summed E-state index contributed by atoms with van der Waals surface area (Å²) in [6.07, 6.45) is 4.78. The van der Waals surface area contributed by atoms with Crippen molar-refractivity contribution in [2.45, 2.75) is 33.7 Å². The van der Waals surface area contributed by atoms with Crippen molar-refractivity contribution in [2.24, 2.45) is 11.1 Å². The minimum Gasteiger partial charge on any atom is -0.350 e. The molecule has 0 fully saturated rings. The zero-order valence-electron chi connectivity index (χ0n) is 11.9. The number of pyridine rings is 1. The zero-order valence-corrected chi connectivity index (χ0v) is 11.9. The molecule has 0 radical (unpaired) electrons. The van der Waals surface area contributed by atoms with Crippen molar-refractivity contribution in [2.75, 3.05) is 18.0 Å². The molecule has 2 rings (SSSR count). The monoisotopic (exact) mass is 263 g/mol. The van der Waals surface area contributed by atoms with Crippen LogP contribution in [-0.2, 0) is 6.54 Å². The molecule has 0 aliphatic carbocycles. The van der Waals surface area contributed by atoms with Gasteiger partial charge in [0, 0.05) is 31.4 Å². The van der Waals surface area contributed by atoms with E-state index < -0.39 is 0 Å². The van der Waals surface area contributed by atoms with E-state index in [0.29, 0.717) is 17.9 Å². The minimum absolute atomic E-state index is 0.192. The van der Waals surface area contributed by atoms with Crippen molar-refractivity contribution >= 4 is 5.82 Å².